The minimum absolute atomic E-state index is 0.0580. The van der Waals surface area contributed by atoms with Crippen LogP contribution in [0, 0.1) is 5.92 Å². The summed E-state index contributed by atoms with van der Waals surface area (Å²) < 4.78 is 37.0. The molecule has 1 fully saturated rings. The molecule has 1 aromatic rings. The van der Waals surface area contributed by atoms with Gasteiger partial charge in [-0.1, -0.05) is 0 Å². The van der Waals surface area contributed by atoms with Crippen LogP contribution in [0.4, 0.5) is 13.2 Å². The van der Waals surface area contributed by atoms with Gasteiger partial charge in [0, 0.05) is 11.8 Å². The number of nitrogens with one attached hydrogen (secondary N) is 2. The van der Waals surface area contributed by atoms with Gasteiger partial charge >= 0.3 is 6.18 Å². The monoisotopic (exact) mass is 307 g/mol. The SMILES string of the molecule is O=C(CCC1CCNC1)NCc1nc(C(F)(F)F)cs1. The van der Waals surface area contributed by atoms with Crippen LogP contribution in [0.2, 0.25) is 0 Å². The fourth-order valence-corrected chi connectivity index (χ4v) is 2.82. The molecule has 112 valence electrons. The molecule has 1 unspecified atom stereocenters. The maximum atomic E-state index is 12.3. The van der Waals surface area contributed by atoms with Crippen molar-refractivity contribution < 1.29 is 18.0 Å². The van der Waals surface area contributed by atoms with E-state index in [4.69, 9.17) is 0 Å². The largest absolute Gasteiger partial charge is 0.434 e. The number of nitrogens with zero attached hydrogens (tertiary/aromatic N) is 1. The molecule has 1 atom stereocenters. The van der Waals surface area contributed by atoms with E-state index in [2.05, 4.69) is 15.6 Å². The van der Waals surface area contributed by atoms with E-state index in [0.29, 0.717) is 12.3 Å². The maximum Gasteiger partial charge on any atom is 0.434 e. The van der Waals surface area contributed by atoms with Crippen LogP contribution >= 0.6 is 11.3 Å². The first-order valence-corrected chi connectivity index (χ1v) is 7.32. The summed E-state index contributed by atoms with van der Waals surface area (Å²) in [7, 11) is 0. The molecule has 20 heavy (non-hydrogen) atoms. The fraction of sp³-hybridized carbons (Fsp3) is 0.667. The van der Waals surface area contributed by atoms with Crippen LogP contribution in [0.25, 0.3) is 0 Å². The van der Waals surface area contributed by atoms with Gasteiger partial charge in [0.05, 0.1) is 6.54 Å². The minimum atomic E-state index is -4.42. The molecule has 0 radical (unpaired) electrons. The molecule has 2 rings (SSSR count). The van der Waals surface area contributed by atoms with Crippen LogP contribution in [0.5, 0.6) is 0 Å². The van der Waals surface area contributed by atoms with Crippen LogP contribution < -0.4 is 10.6 Å². The summed E-state index contributed by atoms with van der Waals surface area (Å²) in [5.41, 5.74) is -0.899. The molecule has 1 aliphatic rings. The van der Waals surface area contributed by atoms with E-state index in [9.17, 15) is 18.0 Å². The molecule has 1 aliphatic heterocycles. The number of carbonyl (C=O) groups excluding carboxylic acids is 1. The van der Waals surface area contributed by atoms with E-state index < -0.39 is 11.9 Å². The highest BCUT2D eigenvalue weighted by Crippen LogP contribution is 2.29. The summed E-state index contributed by atoms with van der Waals surface area (Å²) in [6.45, 7) is 1.99. The van der Waals surface area contributed by atoms with Crippen molar-refractivity contribution in [2.75, 3.05) is 13.1 Å². The van der Waals surface area contributed by atoms with Gasteiger partial charge in [0.1, 0.15) is 5.01 Å². The van der Waals surface area contributed by atoms with E-state index in [0.717, 1.165) is 42.6 Å². The number of hydrogen-bond donors (Lipinski definition) is 2. The normalized spacial score (nSPS) is 19.2. The standard InChI is InChI=1S/C12H16F3N3OS/c13-12(14,15)9-7-20-11(18-9)6-17-10(19)2-1-8-3-4-16-5-8/h7-8,16H,1-6H2,(H,17,19). The molecule has 4 nitrogen and oxygen atoms in total. The lowest BCUT2D eigenvalue weighted by atomic mass is 10.0. The van der Waals surface area contributed by atoms with Gasteiger partial charge in [-0.25, -0.2) is 4.98 Å². The van der Waals surface area contributed by atoms with E-state index in [1.165, 1.54) is 0 Å². The molecule has 8 heteroatoms. The first-order chi connectivity index (χ1) is 9.45. The maximum absolute atomic E-state index is 12.3. The van der Waals surface area contributed by atoms with Crippen molar-refractivity contribution in [2.24, 2.45) is 5.92 Å². The van der Waals surface area contributed by atoms with Crippen molar-refractivity contribution in [1.29, 1.82) is 0 Å². The van der Waals surface area contributed by atoms with Gasteiger partial charge in [0.25, 0.3) is 0 Å². The number of alkyl halides is 3. The highest BCUT2D eigenvalue weighted by molar-refractivity contribution is 7.09. The van der Waals surface area contributed by atoms with Crippen molar-refractivity contribution in [2.45, 2.75) is 32.0 Å². The van der Waals surface area contributed by atoms with Crippen LogP contribution in [0.15, 0.2) is 5.38 Å². The predicted molar refractivity (Wildman–Crippen MR) is 69.2 cm³/mol. The summed E-state index contributed by atoms with van der Waals surface area (Å²) in [5, 5.41) is 7.07. The topological polar surface area (TPSA) is 54.0 Å². The van der Waals surface area contributed by atoms with Gasteiger partial charge in [-0.2, -0.15) is 13.2 Å². The molecule has 0 bridgehead atoms. The summed E-state index contributed by atoms with van der Waals surface area (Å²) >= 11 is 0.906. The first kappa shape index (κ1) is 15.2. The number of amides is 1. The molecule has 2 N–H and O–H groups in total. The van der Waals surface area contributed by atoms with Crippen LogP contribution in [-0.2, 0) is 17.5 Å². The number of rotatable bonds is 5. The predicted octanol–water partition coefficient (Wildman–Crippen LogP) is 2.17. The van der Waals surface area contributed by atoms with Gasteiger partial charge in [0.2, 0.25) is 5.91 Å². The summed E-state index contributed by atoms with van der Waals surface area (Å²) in [5.74, 6) is 0.387. The average Bonchev–Trinajstić information content (AvgIpc) is 3.04. The lowest BCUT2D eigenvalue weighted by Gasteiger charge is -2.07. The smallest absolute Gasteiger partial charge is 0.350 e. The third-order valence-electron chi connectivity index (χ3n) is 3.22. The minimum Gasteiger partial charge on any atom is -0.350 e. The quantitative estimate of drug-likeness (QED) is 0.876. The van der Waals surface area contributed by atoms with Crippen molar-refractivity contribution >= 4 is 17.2 Å². The van der Waals surface area contributed by atoms with Crippen molar-refractivity contribution in [3.8, 4) is 0 Å². The second-order valence-electron chi connectivity index (χ2n) is 4.80. The van der Waals surface area contributed by atoms with Crippen LogP contribution in [0.3, 0.4) is 0 Å². The fourth-order valence-electron chi connectivity index (χ4n) is 2.08. The molecular formula is C12H16F3N3OS. The highest BCUT2D eigenvalue weighted by Gasteiger charge is 2.33. The van der Waals surface area contributed by atoms with Gasteiger partial charge in [-0.15, -0.1) is 11.3 Å². The van der Waals surface area contributed by atoms with Crippen molar-refractivity contribution in [3.05, 3.63) is 16.1 Å². The lowest BCUT2D eigenvalue weighted by molar-refractivity contribution is -0.140. The van der Waals surface area contributed by atoms with Crippen molar-refractivity contribution in [3.63, 3.8) is 0 Å². The molecule has 1 saturated heterocycles. The Morgan fingerprint density at radius 1 is 1.55 bits per heavy atom. The van der Waals surface area contributed by atoms with Crippen LogP contribution in [0.1, 0.15) is 30.0 Å². The van der Waals surface area contributed by atoms with Gasteiger partial charge in [0.15, 0.2) is 5.69 Å². The zero-order valence-corrected chi connectivity index (χ0v) is 11.6. The first-order valence-electron chi connectivity index (χ1n) is 6.44. The van der Waals surface area contributed by atoms with E-state index in [1.807, 2.05) is 0 Å². The second-order valence-corrected chi connectivity index (χ2v) is 5.74. The zero-order chi connectivity index (χ0) is 14.6. The Hall–Kier alpha value is -1.15. The molecule has 0 saturated carbocycles. The average molecular weight is 307 g/mol. The highest BCUT2D eigenvalue weighted by atomic mass is 32.1. The lowest BCUT2D eigenvalue weighted by Crippen LogP contribution is -2.23. The number of hydrogen-bond acceptors (Lipinski definition) is 4. The Labute approximate surface area is 118 Å². The second kappa shape index (κ2) is 6.53. The van der Waals surface area contributed by atoms with E-state index in [1.54, 1.807) is 0 Å². The summed E-state index contributed by atoms with van der Waals surface area (Å²) in [6, 6.07) is 0. The van der Waals surface area contributed by atoms with Crippen LogP contribution in [-0.4, -0.2) is 24.0 Å². The Kier molecular flexibility index (Phi) is 4.98. The molecule has 0 aliphatic carbocycles. The molecule has 2 heterocycles. The Balaban J connectivity index is 1.71. The molecule has 1 aromatic heterocycles. The third kappa shape index (κ3) is 4.45. The number of halogens is 3. The van der Waals surface area contributed by atoms with Crippen molar-refractivity contribution in [1.82, 2.24) is 15.6 Å². The zero-order valence-electron chi connectivity index (χ0n) is 10.8. The van der Waals surface area contributed by atoms with Gasteiger partial charge < -0.3 is 10.6 Å². The Morgan fingerprint density at radius 3 is 2.95 bits per heavy atom. The number of carbonyl (C=O) groups is 1. The third-order valence-corrected chi connectivity index (χ3v) is 4.07. The number of aromatic nitrogens is 1. The Bertz CT molecular complexity index is 455. The summed E-state index contributed by atoms with van der Waals surface area (Å²) in [6.07, 6.45) is -2.13. The number of thiazole rings is 1. The summed E-state index contributed by atoms with van der Waals surface area (Å²) in [4.78, 5) is 15.1. The Morgan fingerprint density at radius 2 is 2.35 bits per heavy atom. The van der Waals surface area contributed by atoms with Gasteiger partial charge in [-0.3, -0.25) is 4.79 Å². The molecule has 0 aromatic carbocycles. The molecule has 0 spiro atoms. The van der Waals surface area contributed by atoms with E-state index in [-0.39, 0.29) is 17.5 Å². The van der Waals surface area contributed by atoms with E-state index >= 15 is 0 Å². The van der Waals surface area contributed by atoms with Gasteiger partial charge in [-0.05, 0) is 31.8 Å². The molecule has 1 amide bonds. The molecular weight excluding hydrogens is 291 g/mol.